The predicted octanol–water partition coefficient (Wildman–Crippen LogP) is 1.49. The van der Waals surface area contributed by atoms with Crippen LogP contribution in [-0.4, -0.2) is 24.5 Å². The molecule has 2 rings (SSSR count). The maximum atomic E-state index is 12.0. The molecule has 0 saturated carbocycles. The van der Waals surface area contributed by atoms with Gasteiger partial charge in [0.25, 0.3) is 0 Å². The molecular weight excluding hydrogens is 300 g/mol. The van der Waals surface area contributed by atoms with Crippen molar-refractivity contribution >= 4 is 27.3 Å². The highest BCUT2D eigenvalue weighted by atomic mass is 35.5. The van der Waals surface area contributed by atoms with Gasteiger partial charge in [-0.15, -0.1) is 0 Å². The van der Waals surface area contributed by atoms with Gasteiger partial charge in [-0.05, 0) is 24.6 Å². The number of nitrogens with one attached hydrogen (secondary N) is 1. The fourth-order valence-electron chi connectivity index (χ4n) is 1.65. The van der Waals surface area contributed by atoms with Crippen molar-refractivity contribution in [1.29, 1.82) is 0 Å². The highest BCUT2D eigenvalue weighted by molar-refractivity contribution is 7.89. The Hall–Kier alpha value is -1.57. The lowest BCUT2D eigenvalue weighted by Gasteiger charge is -2.08. The zero-order valence-electron chi connectivity index (χ0n) is 10.7. The number of rotatable bonds is 6. The summed E-state index contributed by atoms with van der Waals surface area (Å²) >= 11 is 5.82. The van der Waals surface area contributed by atoms with E-state index in [2.05, 4.69) is 9.71 Å². The normalized spacial score (nSPS) is 11.7. The Morgan fingerprint density at radius 2 is 2.20 bits per heavy atom. The van der Waals surface area contributed by atoms with Gasteiger partial charge in [0.2, 0.25) is 10.0 Å². The first-order valence-electron chi connectivity index (χ1n) is 5.99. The molecule has 0 spiro atoms. The number of halogens is 1. The summed E-state index contributed by atoms with van der Waals surface area (Å²) in [5.74, 6) is 0. The smallest absolute Gasteiger partial charge is 0.240 e. The number of aromatic nitrogens is 2. The van der Waals surface area contributed by atoms with Crippen molar-refractivity contribution in [1.82, 2.24) is 14.3 Å². The van der Waals surface area contributed by atoms with E-state index in [0.29, 0.717) is 25.2 Å². The number of hydrogen-bond donors (Lipinski definition) is 2. The third-order valence-corrected chi connectivity index (χ3v) is 4.51. The van der Waals surface area contributed by atoms with Crippen molar-refractivity contribution in [2.45, 2.75) is 17.9 Å². The first-order valence-corrected chi connectivity index (χ1v) is 7.85. The van der Waals surface area contributed by atoms with Gasteiger partial charge < -0.3 is 10.3 Å². The maximum Gasteiger partial charge on any atom is 0.240 e. The maximum absolute atomic E-state index is 12.0. The van der Waals surface area contributed by atoms with E-state index < -0.39 is 10.0 Å². The fourth-order valence-corrected chi connectivity index (χ4v) is 2.99. The second-order valence-corrected chi connectivity index (χ2v) is 6.41. The highest BCUT2D eigenvalue weighted by Crippen LogP contribution is 2.22. The molecule has 1 aromatic carbocycles. The molecule has 20 heavy (non-hydrogen) atoms. The van der Waals surface area contributed by atoms with Gasteiger partial charge in [0.15, 0.2) is 0 Å². The number of nitrogen functional groups attached to an aromatic ring is 1. The highest BCUT2D eigenvalue weighted by Gasteiger charge is 2.14. The molecule has 1 heterocycles. The Morgan fingerprint density at radius 3 is 2.85 bits per heavy atom. The average Bonchev–Trinajstić information content (AvgIpc) is 2.91. The average molecular weight is 315 g/mol. The van der Waals surface area contributed by atoms with Crippen molar-refractivity contribution in [3.63, 3.8) is 0 Å². The van der Waals surface area contributed by atoms with Crippen molar-refractivity contribution in [3.8, 4) is 0 Å². The zero-order chi connectivity index (χ0) is 14.6. The number of nitrogens with zero attached hydrogens (tertiary/aromatic N) is 2. The summed E-state index contributed by atoms with van der Waals surface area (Å²) < 4.78 is 28.5. The summed E-state index contributed by atoms with van der Waals surface area (Å²) in [4.78, 5) is 4.02. The minimum Gasteiger partial charge on any atom is -0.398 e. The molecule has 0 fully saturated rings. The molecule has 0 amide bonds. The topological polar surface area (TPSA) is 90.0 Å². The Kier molecular flexibility index (Phi) is 4.64. The second kappa shape index (κ2) is 6.25. The molecular formula is C12H15ClN4O2S. The fraction of sp³-hybridized carbons (Fsp3) is 0.250. The minimum absolute atomic E-state index is 0.110. The van der Waals surface area contributed by atoms with Crippen LogP contribution in [-0.2, 0) is 16.6 Å². The lowest BCUT2D eigenvalue weighted by molar-refractivity contribution is 0.570. The van der Waals surface area contributed by atoms with Gasteiger partial charge in [-0.3, -0.25) is 0 Å². The monoisotopic (exact) mass is 314 g/mol. The summed E-state index contributed by atoms with van der Waals surface area (Å²) in [6.07, 6.45) is 5.86. The molecule has 0 atom stereocenters. The van der Waals surface area contributed by atoms with E-state index in [-0.39, 0.29) is 9.92 Å². The summed E-state index contributed by atoms with van der Waals surface area (Å²) in [5, 5.41) is 0.228. The van der Waals surface area contributed by atoms with Crippen molar-refractivity contribution in [3.05, 3.63) is 41.9 Å². The van der Waals surface area contributed by atoms with Gasteiger partial charge in [-0.1, -0.05) is 11.6 Å². The van der Waals surface area contributed by atoms with Crippen LogP contribution in [0.3, 0.4) is 0 Å². The standard InChI is InChI=1S/C12H15ClN4O2S/c13-11-8-10(2-3-12(11)14)20(18,19)16-4-1-6-17-7-5-15-9-17/h2-3,5,7-9,16H,1,4,6,14H2. The van der Waals surface area contributed by atoms with Gasteiger partial charge in [0.1, 0.15) is 0 Å². The number of imidazole rings is 1. The molecule has 0 unspecified atom stereocenters. The molecule has 0 aliphatic heterocycles. The number of aryl methyl sites for hydroxylation is 1. The molecule has 0 radical (unpaired) electrons. The molecule has 108 valence electrons. The summed E-state index contributed by atoms with van der Waals surface area (Å²) in [6, 6.07) is 4.25. The largest absolute Gasteiger partial charge is 0.398 e. The van der Waals surface area contributed by atoms with Gasteiger partial charge in [0.05, 0.1) is 21.9 Å². The number of nitrogens with two attached hydrogens (primary N) is 1. The third kappa shape index (κ3) is 3.72. The Bertz CT molecular complexity index is 671. The van der Waals surface area contributed by atoms with Crippen molar-refractivity contribution in [2.24, 2.45) is 0 Å². The molecule has 1 aromatic heterocycles. The van der Waals surface area contributed by atoms with Crippen LogP contribution in [0.25, 0.3) is 0 Å². The van der Waals surface area contributed by atoms with Crippen molar-refractivity contribution in [2.75, 3.05) is 12.3 Å². The Morgan fingerprint density at radius 1 is 1.40 bits per heavy atom. The van der Waals surface area contributed by atoms with Crippen LogP contribution in [0, 0.1) is 0 Å². The van der Waals surface area contributed by atoms with Crippen LogP contribution in [0.2, 0.25) is 5.02 Å². The van der Waals surface area contributed by atoms with Gasteiger partial charge in [-0.2, -0.15) is 0 Å². The van der Waals surface area contributed by atoms with E-state index in [1.807, 2.05) is 10.8 Å². The third-order valence-electron chi connectivity index (χ3n) is 2.73. The van der Waals surface area contributed by atoms with E-state index in [1.54, 1.807) is 12.5 Å². The van der Waals surface area contributed by atoms with E-state index in [0.717, 1.165) is 0 Å². The zero-order valence-corrected chi connectivity index (χ0v) is 12.2. The minimum atomic E-state index is -3.56. The number of anilines is 1. The first kappa shape index (κ1) is 14.8. The summed E-state index contributed by atoms with van der Waals surface area (Å²) in [7, 11) is -3.56. The Balaban J connectivity index is 1.92. The van der Waals surface area contributed by atoms with Crippen LogP contribution < -0.4 is 10.5 Å². The Labute approximate surface area is 122 Å². The van der Waals surface area contributed by atoms with E-state index in [9.17, 15) is 8.42 Å². The number of sulfonamides is 1. The van der Waals surface area contributed by atoms with E-state index in [1.165, 1.54) is 18.2 Å². The molecule has 3 N–H and O–H groups in total. The van der Waals surface area contributed by atoms with E-state index in [4.69, 9.17) is 17.3 Å². The number of benzene rings is 1. The molecule has 0 saturated heterocycles. The predicted molar refractivity (Wildman–Crippen MR) is 77.9 cm³/mol. The van der Waals surface area contributed by atoms with Gasteiger partial charge in [-0.25, -0.2) is 18.1 Å². The second-order valence-electron chi connectivity index (χ2n) is 4.24. The van der Waals surface area contributed by atoms with Gasteiger partial charge >= 0.3 is 0 Å². The molecule has 0 aliphatic rings. The van der Waals surface area contributed by atoms with Crippen LogP contribution in [0.1, 0.15) is 6.42 Å². The number of hydrogen-bond acceptors (Lipinski definition) is 4. The van der Waals surface area contributed by atoms with Crippen LogP contribution >= 0.6 is 11.6 Å². The molecule has 0 aliphatic carbocycles. The first-order chi connectivity index (χ1) is 9.49. The molecule has 0 bridgehead atoms. The van der Waals surface area contributed by atoms with Gasteiger partial charge in [0, 0.05) is 25.5 Å². The quantitative estimate of drug-likeness (QED) is 0.624. The SMILES string of the molecule is Nc1ccc(S(=O)(=O)NCCCn2ccnc2)cc1Cl. The van der Waals surface area contributed by atoms with Crippen molar-refractivity contribution < 1.29 is 8.42 Å². The molecule has 2 aromatic rings. The summed E-state index contributed by atoms with van der Waals surface area (Å²) in [6.45, 7) is 1.04. The van der Waals surface area contributed by atoms with Crippen LogP contribution in [0.15, 0.2) is 41.8 Å². The summed E-state index contributed by atoms with van der Waals surface area (Å²) in [5.41, 5.74) is 5.90. The van der Waals surface area contributed by atoms with E-state index >= 15 is 0 Å². The van der Waals surface area contributed by atoms with Crippen LogP contribution in [0.5, 0.6) is 0 Å². The lowest BCUT2D eigenvalue weighted by atomic mass is 10.3. The molecule has 8 heteroatoms. The molecule has 6 nitrogen and oxygen atoms in total. The van der Waals surface area contributed by atoms with Crippen LogP contribution in [0.4, 0.5) is 5.69 Å². The lowest BCUT2D eigenvalue weighted by Crippen LogP contribution is -2.25.